The van der Waals surface area contributed by atoms with E-state index in [4.69, 9.17) is 10.5 Å². The highest BCUT2D eigenvalue weighted by atomic mass is 16.5. The number of anilines is 1. The third-order valence-corrected chi connectivity index (χ3v) is 6.55. The Kier molecular flexibility index (Phi) is 5.06. The smallest absolute Gasteiger partial charge is 0.248 e. The molecule has 1 aromatic heterocycles. The number of ether oxygens (including phenoxy) is 1. The number of primary amides is 1. The van der Waals surface area contributed by atoms with E-state index in [0.29, 0.717) is 23.3 Å². The number of nitrogens with zero attached hydrogens (tertiary/aromatic N) is 3. The van der Waals surface area contributed by atoms with Crippen molar-refractivity contribution in [2.24, 2.45) is 23.5 Å². The van der Waals surface area contributed by atoms with Crippen molar-refractivity contribution >= 4 is 11.9 Å². The SMILES string of the molecule is CCc1cnc(N2CC3C(COc4ccc(-c5ccc(C(N)=O)cc5)cc4)[C@@H]3C2)nc1. The van der Waals surface area contributed by atoms with E-state index in [1.807, 2.05) is 48.8 Å². The number of fused-ring (bicyclic) bond motifs is 1. The summed E-state index contributed by atoms with van der Waals surface area (Å²) in [6, 6.07) is 15.4. The molecular formula is C25H26N4O2. The van der Waals surface area contributed by atoms with Crippen LogP contribution in [0.1, 0.15) is 22.8 Å². The molecule has 2 aromatic carbocycles. The Morgan fingerprint density at radius 1 is 1.00 bits per heavy atom. The number of hydrogen-bond donors (Lipinski definition) is 1. The topological polar surface area (TPSA) is 81.3 Å². The average molecular weight is 415 g/mol. The molecule has 0 spiro atoms. The summed E-state index contributed by atoms with van der Waals surface area (Å²) < 4.78 is 6.07. The summed E-state index contributed by atoms with van der Waals surface area (Å²) in [7, 11) is 0. The van der Waals surface area contributed by atoms with Crippen LogP contribution in [0.5, 0.6) is 5.75 Å². The Morgan fingerprint density at radius 3 is 2.13 bits per heavy atom. The largest absolute Gasteiger partial charge is 0.493 e. The zero-order valence-electron chi connectivity index (χ0n) is 17.6. The lowest BCUT2D eigenvalue weighted by Gasteiger charge is -2.19. The van der Waals surface area contributed by atoms with Gasteiger partial charge in [0.25, 0.3) is 0 Å². The van der Waals surface area contributed by atoms with Gasteiger partial charge in [-0.25, -0.2) is 9.97 Å². The highest BCUT2D eigenvalue weighted by molar-refractivity contribution is 5.93. The monoisotopic (exact) mass is 414 g/mol. The maximum Gasteiger partial charge on any atom is 0.248 e. The summed E-state index contributed by atoms with van der Waals surface area (Å²) in [4.78, 5) is 22.5. The zero-order chi connectivity index (χ0) is 21.4. The normalized spacial score (nSPS) is 21.6. The summed E-state index contributed by atoms with van der Waals surface area (Å²) in [6.07, 6.45) is 4.83. The molecule has 2 N–H and O–H groups in total. The number of hydrogen-bond acceptors (Lipinski definition) is 5. The molecule has 1 amide bonds. The second-order valence-corrected chi connectivity index (χ2v) is 8.42. The third kappa shape index (κ3) is 3.98. The predicted molar refractivity (Wildman–Crippen MR) is 120 cm³/mol. The average Bonchev–Trinajstić information content (AvgIpc) is 3.26. The Balaban J connectivity index is 1.12. The molecule has 6 heteroatoms. The first-order chi connectivity index (χ1) is 15.1. The fraction of sp³-hybridized carbons (Fsp3) is 0.320. The van der Waals surface area contributed by atoms with Crippen LogP contribution in [0.4, 0.5) is 5.95 Å². The lowest BCUT2D eigenvalue weighted by Crippen LogP contribution is -2.27. The molecule has 3 aromatic rings. The van der Waals surface area contributed by atoms with Crippen molar-refractivity contribution in [2.45, 2.75) is 13.3 Å². The van der Waals surface area contributed by atoms with Crippen LogP contribution in [0.3, 0.4) is 0 Å². The molecule has 1 saturated heterocycles. The van der Waals surface area contributed by atoms with Crippen LogP contribution < -0.4 is 15.4 Å². The molecule has 6 nitrogen and oxygen atoms in total. The van der Waals surface area contributed by atoms with Crippen LogP contribution in [0, 0.1) is 17.8 Å². The lowest BCUT2D eigenvalue weighted by molar-refractivity contribution is 0.100. The first kappa shape index (κ1) is 19.5. The van der Waals surface area contributed by atoms with Crippen LogP contribution in [0.25, 0.3) is 11.1 Å². The van der Waals surface area contributed by atoms with E-state index < -0.39 is 5.91 Å². The Bertz CT molecular complexity index is 1050. The van der Waals surface area contributed by atoms with E-state index in [-0.39, 0.29) is 0 Å². The molecule has 2 heterocycles. The van der Waals surface area contributed by atoms with Gasteiger partial charge in [-0.2, -0.15) is 0 Å². The predicted octanol–water partition coefficient (Wildman–Crippen LogP) is 3.57. The lowest BCUT2D eigenvalue weighted by atomic mass is 10.0. The highest BCUT2D eigenvalue weighted by Gasteiger charge is 2.56. The maximum atomic E-state index is 11.2. The molecule has 3 atom stereocenters. The fourth-order valence-electron chi connectivity index (χ4n) is 4.52. The van der Waals surface area contributed by atoms with Crippen LogP contribution >= 0.6 is 0 Å². The maximum absolute atomic E-state index is 11.2. The van der Waals surface area contributed by atoms with Gasteiger partial charge >= 0.3 is 0 Å². The number of aryl methyl sites for hydroxylation is 1. The standard InChI is InChI=1S/C25H26N4O2/c1-2-16-11-27-25(28-12-16)29-13-21-22(14-29)23(21)15-31-20-9-7-18(8-10-20)17-3-5-19(6-4-17)24(26)30/h3-12,21-23H,2,13-15H2,1H3,(H2,26,30)/t21-,22?,23?/m1/s1. The molecule has 5 rings (SSSR count). The summed E-state index contributed by atoms with van der Waals surface area (Å²) in [6.45, 7) is 4.91. The summed E-state index contributed by atoms with van der Waals surface area (Å²) in [5.74, 6) is 3.30. The summed E-state index contributed by atoms with van der Waals surface area (Å²) >= 11 is 0. The van der Waals surface area contributed by atoms with Gasteiger partial charge in [0.15, 0.2) is 0 Å². The minimum absolute atomic E-state index is 0.412. The van der Waals surface area contributed by atoms with Crippen molar-refractivity contribution in [3.05, 3.63) is 72.1 Å². The van der Waals surface area contributed by atoms with E-state index in [9.17, 15) is 4.79 Å². The number of rotatable bonds is 7. The molecule has 0 radical (unpaired) electrons. The van der Waals surface area contributed by atoms with E-state index in [1.54, 1.807) is 12.1 Å². The molecule has 1 aliphatic heterocycles. The van der Waals surface area contributed by atoms with Gasteiger partial charge in [-0.3, -0.25) is 4.79 Å². The Hall–Kier alpha value is -3.41. The molecule has 2 unspecified atom stereocenters. The Labute approximate surface area is 182 Å². The molecule has 0 bridgehead atoms. The first-order valence-corrected chi connectivity index (χ1v) is 10.8. The molecule has 31 heavy (non-hydrogen) atoms. The number of nitrogens with two attached hydrogens (primary N) is 1. The van der Waals surface area contributed by atoms with Crippen molar-refractivity contribution < 1.29 is 9.53 Å². The highest BCUT2D eigenvalue weighted by Crippen LogP contribution is 2.52. The van der Waals surface area contributed by atoms with Gasteiger partial charge in [-0.05, 0) is 59.2 Å². The van der Waals surface area contributed by atoms with Crippen molar-refractivity contribution in [1.82, 2.24) is 9.97 Å². The second kappa shape index (κ2) is 8.02. The van der Waals surface area contributed by atoms with Gasteiger partial charge in [0, 0.05) is 37.0 Å². The van der Waals surface area contributed by atoms with Gasteiger partial charge in [0.2, 0.25) is 11.9 Å². The number of benzene rings is 2. The zero-order valence-corrected chi connectivity index (χ0v) is 17.6. The number of piperidine rings is 1. The molecule has 158 valence electrons. The number of carbonyl (C=O) groups excluding carboxylic acids is 1. The second-order valence-electron chi connectivity index (χ2n) is 8.42. The van der Waals surface area contributed by atoms with Gasteiger partial charge in [-0.15, -0.1) is 0 Å². The van der Waals surface area contributed by atoms with Gasteiger partial charge in [-0.1, -0.05) is 31.2 Å². The van der Waals surface area contributed by atoms with Crippen LogP contribution in [0.15, 0.2) is 60.9 Å². The number of aromatic nitrogens is 2. The minimum atomic E-state index is -0.412. The summed E-state index contributed by atoms with van der Waals surface area (Å²) in [5.41, 5.74) is 9.12. The van der Waals surface area contributed by atoms with E-state index >= 15 is 0 Å². The van der Waals surface area contributed by atoms with E-state index in [1.165, 1.54) is 5.56 Å². The van der Waals surface area contributed by atoms with Crippen molar-refractivity contribution in [2.75, 3.05) is 24.6 Å². The van der Waals surface area contributed by atoms with Crippen molar-refractivity contribution in [1.29, 1.82) is 0 Å². The van der Waals surface area contributed by atoms with Crippen LogP contribution in [0.2, 0.25) is 0 Å². The minimum Gasteiger partial charge on any atom is -0.493 e. The number of carbonyl (C=O) groups is 1. The fourth-order valence-corrected chi connectivity index (χ4v) is 4.52. The molecule has 2 fully saturated rings. The quantitative estimate of drug-likeness (QED) is 0.639. The molecule has 1 saturated carbocycles. The molecule has 1 aliphatic carbocycles. The van der Waals surface area contributed by atoms with Crippen LogP contribution in [-0.2, 0) is 6.42 Å². The van der Waals surface area contributed by atoms with Gasteiger partial charge in [0.05, 0.1) is 6.61 Å². The van der Waals surface area contributed by atoms with Crippen molar-refractivity contribution in [3.8, 4) is 16.9 Å². The Morgan fingerprint density at radius 2 is 1.58 bits per heavy atom. The van der Waals surface area contributed by atoms with Gasteiger partial charge < -0.3 is 15.4 Å². The van der Waals surface area contributed by atoms with Crippen LogP contribution in [-0.4, -0.2) is 35.6 Å². The molecular weight excluding hydrogens is 388 g/mol. The van der Waals surface area contributed by atoms with E-state index in [2.05, 4.69) is 21.8 Å². The van der Waals surface area contributed by atoms with Crippen molar-refractivity contribution in [3.63, 3.8) is 0 Å². The van der Waals surface area contributed by atoms with Gasteiger partial charge in [0.1, 0.15) is 5.75 Å². The molecule has 2 aliphatic rings. The third-order valence-electron chi connectivity index (χ3n) is 6.55. The first-order valence-electron chi connectivity index (χ1n) is 10.8. The number of amides is 1. The summed E-state index contributed by atoms with van der Waals surface area (Å²) in [5, 5.41) is 0. The van der Waals surface area contributed by atoms with E-state index in [0.717, 1.165) is 48.9 Å².